The third kappa shape index (κ3) is 6.03. The van der Waals surface area contributed by atoms with Crippen LogP contribution in [0, 0.1) is 13.8 Å². The maximum Gasteiger partial charge on any atom is 0.246 e. The van der Waals surface area contributed by atoms with Crippen molar-refractivity contribution in [2.75, 3.05) is 18.4 Å². The van der Waals surface area contributed by atoms with Crippen molar-refractivity contribution in [3.8, 4) is 16.9 Å². The minimum absolute atomic E-state index is 0.0389. The van der Waals surface area contributed by atoms with E-state index in [0.29, 0.717) is 12.5 Å². The molecule has 0 saturated carbocycles. The second kappa shape index (κ2) is 10.8. The summed E-state index contributed by atoms with van der Waals surface area (Å²) in [6.45, 7) is 6.35. The van der Waals surface area contributed by atoms with E-state index < -0.39 is 0 Å². The molecular weight excluding hydrogens is 436 g/mol. The topological polar surface area (TPSA) is 67.2 Å². The number of aromatic nitrogens is 2. The van der Waals surface area contributed by atoms with Gasteiger partial charge in [-0.15, -0.1) is 0 Å². The minimum atomic E-state index is -0.289. The summed E-state index contributed by atoms with van der Waals surface area (Å²) in [7, 11) is 0. The molecule has 35 heavy (non-hydrogen) atoms. The Bertz CT molecular complexity index is 1290. The van der Waals surface area contributed by atoms with Crippen molar-refractivity contribution in [3.63, 3.8) is 0 Å². The lowest BCUT2D eigenvalue weighted by atomic mass is 10.1. The maximum absolute atomic E-state index is 13.0. The Balaban J connectivity index is 1.55. The van der Waals surface area contributed by atoms with Gasteiger partial charge in [-0.2, -0.15) is 0 Å². The number of carbonyl (C=O) groups is 2. The highest BCUT2D eigenvalue weighted by atomic mass is 16.2. The van der Waals surface area contributed by atoms with Crippen molar-refractivity contribution in [2.45, 2.75) is 27.2 Å². The minimum Gasteiger partial charge on any atom is -0.333 e. The highest BCUT2D eigenvalue weighted by Crippen LogP contribution is 2.25. The van der Waals surface area contributed by atoms with E-state index in [4.69, 9.17) is 4.98 Å². The number of rotatable bonds is 8. The Kier molecular flexibility index (Phi) is 7.41. The zero-order valence-electron chi connectivity index (χ0n) is 20.4. The largest absolute Gasteiger partial charge is 0.333 e. The van der Waals surface area contributed by atoms with Crippen LogP contribution in [-0.2, 0) is 16.0 Å². The van der Waals surface area contributed by atoms with Crippen LogP contribution in [0.15, 0.2) is 85.1 Å². The molecule has 2 amide bonds. The lowest BCUT2D eigenvalue weighted by molar-refractivity contribution is -0.133. The molecule has 178 valence electrons. The zero-order chi connectivity index (χ0) is 24.8. The van der Waals surface area contributed by atoms with E-state index in [1.54, 1.807) is 4.90 Å². The van der Waals surface area contributed by atoms with E-state index >= 15 is 0 Å². The van der Waals surface area contributed by atoms with Crippen molar-refractivity contribution in [1.29, 1.82) is 0 Å². The van der Waals surface area contributed by atoms with E-state index in [0.717, 1.165) is 28.1 Å². The first-order chi connectivity index (χ1) is 16.9. The van der Waals surface area contributed by atoms with Crippen molar-refractivity contribution in [1.82, 2.24) is 14.5 Å². The lowest BCUT2D eigenvalue weighted by Crippen LogP contribution is -2.39. The van der Waals surface area contributed by atoms with E-state index in [1.807, 2.05) is 110 Å². The van der Waals surface area contributed by atoms with E-state index in [2.05, 4.69) is 5.32 Å². The molecule has 4 aromatic rings. The summed E-state index contributed by atoms with van der Waals surface area (Å²) < 4.78 is 1.87. The fourth-order valence-electron chi connectivity index (χ4n) is 3.83. The second-order valence-electron chi connectivity index (χ2n) is 8.64. The van der Waals surface area contributed by atoms with Gasteiger partial charge in [0.05, 0.1) is 18.7 Å². The first-order valence-electron chi connectivity index (χ1n) is 11.8. The zero-order valence-corrected chi connectivity index (χ0v) is 20.4. The maximum atomic E-state index is 13.0. The average Bonchev–Trinajstić information content (AvgIpc) is 3.27. The van der Waals surface area contributed by atoms with Crippen LogP contribution in [0.4, 0.5) is 5.95 Å². The molecule has 0 aliphatic carbocycles. The molecule has 0 fully saturated rings. The quantitative estimate of drug-likeness (QED) is 0.389. The van der Waals surface area contributed by atoms with Crippen LogP contribution in [-0.4, -0.2) is 39.4 Å². The fraction of sp³-hybridized carbons (Fsp3) is 0.207. The van der Waals surface area contributed by atoms with Crippen LogP contribution in [0.5, 0.6) is 0 Å². The first-order valence-corrected chi connectivity index (χ1v) is 11.8. The highest BCUT2D eigenvalue weighted by molar-refractivity contribution is 5.94. The van der Waals surface area contributed by atoms with Crippen LogP contribution < -0.4 is 5.32 Å². The van der Waals surface area contributed by atoms with Gasteiger partial charge in [0.15, 0.2) is 0 Å². The fourth-order valence-corrected chi connectivity index (χ4v) is 3.83. The summed E-state index contributed by atoms with van der Waals surface area (Å²) in [6, 6.07) is 25.7. The summed E-state index contributed by atoms with van der Waals surface area (Å²) in [5.41, 5.74) is 5.85. The third-order valence-corrected chi connectivity index (χ3v) is 5.88. The summed E-state index contributed by atoms with van der Waals surface area (Å²) in [5.74, 6) is 0.0414. The molecule has 0 saturated heterocycles. The SMILES string of the molecule is CCN(CC(=O)Nc1nc(-c2ccc(C)cc2)cn1-c1ccc(C)cc1)C(=O)Cc1ccccc1. The number of likely N-dealkylation sites (N-methyl/N-ethyl adjacent to an activating group) is 1. The Morgan fingerprint density at radius 3 is 2.14 bits per heavy atom. The van der Waals surface area contributed by atoms with Gasteiger partial charge in [0.25, 0.3) is 0 Å². The second-order valence-corrected chi connectivity index (χ2v) is 8.64. The van der Waals surface area contributed by atoms with Crippen molar-refractivity contribution >= 4 is 17.8 Å². The predicted molar refractivity (Wildman–Crippen MR) is 140 cm³/mol. The van der Waals surface area contributed by atoms with E-state index in [9.17, 15) is 9.59 Å². The molecule has 0 aliphatic rings. The molecule has 1 N–H and O–H groups in total. The number of hydrogen-bond acceptors (Lipinski definition) is 3. The number of aryl methyl sites for hydroxylation is 2. The molecule has 6 nitrogen and oxygen atoms in total. The molecule has 0 atom stereocenters. The van der Waals surface area contributed by atoms with Gasteiger partial charge >= 0.3 is 0 Å². The number of imidazole rings is 1. The molecule has 0 bridgehead atoms. The molecule has 3 aromatic carbocycles. The van der Waals surface area contributed by atoms with Gasteiger partial charge in [-0.3, -0.25) is 19.5 Å². The van der Waals surface area contributed by atoms with Gasteiger partial charge in [0.1, 0.15) is 0 Å². The number of nitrogens with one attached hydrogen (secondary N) is 1. The number of anilines is 1. The van der Waals surface area contributed by atoms with Crippen molar-refractivity contribution in [3.05, 3.63) is 102 Å². The van der Waals surface area contributed by atoms with Crippen LogP contribution in [0.25, 0.3) is 16.9 Å². The molecule has 0 radical (unpaired) electrons. The van der Waals surface area contributed by atoms with Crippen LogP contribution in [0.2, 0.25) is 0 Å². The Labute approximate surface area is 206 Å². The normalized spacial score (nSPS) is 10.7. The molecule has 0 aliphatic heterocycles. The van der Waals surface area contributed by atoms with Crippen LogP contribution in [0.1, 0.15) is 23.6 Å². The number of amides is 2. The molecule has 0 unspecified atom stereocenters. The van der Waals surface area contributed by atoms with Gasteiger partial charge < -0.3 is 4.90 Å². The number of benzene rings is 3. The number of nitrogens with zero attached hydrogens (tertiary/aromatic N) is 3. The molecule has 6 heteroatoms. The Morgan fingerprint density at radius 1 is 0.886 bits per heavy atom. The van der Waals surface area contributed by atoms with Gasteiger partial charge in [-0.25, -0.2) is 4.98 Å². The van der Waals surface area contributed by atoms with Gasteiger partial charge in [-0.05, 0) is 38.5 Å². The molecule has 4 rings (SSSR count). The predicted octanol–water partition coefficient (Wildman–Crippen LogP) is 5.19. The summed E-state index contributed by atoms with van der Waals surface area (Å²) in [5, 5.41) is 2.93. The molecule has 0 spiro atoms. The van der Waals surface area contributed by atoms with Crippen LogP contribution in [0.3, 0.4) is 0 Å². The van der Waals surface area contributed by atoms with Gasteiger partial charge in [-0.1, -0.05) is 77.9 Å². The Hall–Kier alpha value is -4.19. The van der Waals surface area contributed by atoms with Crippen molar-refractivity contribution < 1.29 is 9.59 Å². The van der Waals surface area contributed by atoms with Gasteiger partial charge in [0, 0.05) is 24.0 Å². The summed E-state index contributed by atoms with van der Waals surface area (Å²) in [6.07, 6.45) is 2.18. The number of carbonyl (C=O) groups excluding carboxylic acids is 2. The first kappa shape index (κ1) is 24.0. The monoisotopic (exact) mass is 466 g/mol. The van der Waals surface area contributed by atoms with Crippen molar-refractivity contribution in [2.24, 2.45) is 0 Å². The van der Waals surface area contributed by atoms with Gasteiger partial charge in [0.2, 0.25) is 17.8 Å². The lowest BCUT2D eigenvalue weighted by Gasteiger charge is -2.20. The summed E-state index contributed by atoms with van der Waals surface area (Å²) in [4.78, 5) is 32.1. The van der Waals surface area contributed by atoms with Crippen LogP contribution >= 0.6 is 0 Å². The molecule has 1 heterocycles. The van der Waals surface area contributed by atoms with E-state index in [1.165, 1.54) is 5.56 Å². The van der Waals surface area contributed by atoms with E-state index in [-0.39, 0.29) is 24.8 Å². The average molecular weight is 467 g/mol. The molecular formula is C29H30N4O2. The third-order valence-electron chi connectivity index (χ3n) is 5.88. The Morgan fingerprint density at radius 2 is 1.51 bits per heavy atom. The standard InChI is InChI=1S/C29H30N4O2/c1-4-32(28(35)18-23-8-6-5-7-9-23)20-27(34)31-29-30-26(24-14-10-21(2)11-15-24)19-33(29)25-16-12-22(3)13-17-25/h5-17,19H,4,18,20H2,1-3H3,(H,30,31,34). The number of hydrogen-bond donors (Lipinski definition) is 1. The molecule has 1 aromatic heterocycles. The summed E-state index contributed by atoms with van der Waals surface area (Å²) >= 11 is 0. The smallest absolute Gasteiger partial charge is 0.246 e. The highest BCUT2D eigenvalue weighted by Gasteiger charge is 2.19.